The van der Waals surface area contributed by atoms with Gasteiger partial charge >= 0.3 is 0 Å². The fraction of sp³-hybridized carbons (Fsp3) is 0.350. The lowest BCUT2D eigenvalue weighted by Crippen LogP contribution is -2.32. The van der Waals surface area contributed by atoms with Crippen LogP contribution >= 0.6 is 11.8 Å². The van der Waals surface area contributed by atoms with E-state index in [1.165, 1.54) is 22.9 Å². The highest BCUT2D eigenvalue weighted by atomic mass is 32.2. The van der Waals surface area contributed by atoms with Gasteiger partial charge in [-0.05, 0) is 48.6 Å². The van der Waals surface area contributed by atoms with Crippen molar-refractivity contribution in [2.75, 3.05) is 20.0 Å². The zero-order chi connectivity index (χ0) is 17.6. The predicted molar refractivity (Wildman–Crippen MR) is 101 cm³/mol. The fourth-order valence-corrected chi connectivity index (χ4v) is 3.93. The molecule has 5 heteroatoms. The Labute approximate surface area is 152 Å². The van der Waals surface area contributed by atoms with Crippen LogP contribution in [0.2, 0.25) is 0 Å². The Balaban J connectivity index is 1.59. The van der Waals surface area contributed by atoms with Crippen LogP contribution in [0.1, 0.15) is 30.0 Å². The summed E-state index contributed by atoms with van der Waals surface area (Å²) in [6.45, 7) is 0. The normalized spacial score (nSPS) is 16.0. The molecule has 1 amide bonds. The number of thioether (sulfide) groups is 1. The van der Waals surface area contributed by atoms with Crippen molar-refractivity contribution < 1.29 is 14.3 Å². The third-order valence-corrected chi connectivity index (χ3v) is 5.42. The van der Waals surface area contributed by atoms with E-state index in [0.29, 0.717) is 17.3 Å². The molecule has 0 radical (unpaired) electrons. The molecule has 0 saturated carbocycles. The number of ether oxygens (including phenoxy) is 2. The smallest absolute Gasteiger partial charge is 0.230 e. The van der Waals surface area contributed by atoms with Gasteiger partial charge in [0.05, 0.1) is 26.0 Å². The topological polar surface area (TPSA) is 47.6 Å². The summed E-state index contributed by atoms with van der Waals surface area (Å²) in [5.74, 6) is 1.81. The highest BCUT2D eigenvalue weighted by molar-refractivity contribution is 8.00. The summed E-state index contributed by atoms with van der Waals surface area (Å²) < 4.78 is 10.5. The lowest BCUT2D eigenvalue weighted by molar-refractivity contribution is -0.119. The molecule has 2 aromatic carbocycles. The molecular formula is C20H23NO3S. The zero-order valence-corrected chi connectivity index (χ0v) is 15.4. The third kappa shape index (κ3) is 4.28. The number of hydrogen-bond donors (Lipinski definition) is 1. The van der Waals surface area contributed by atoms with Gasteiger partial charge in [0.15, 0.2) is 11.5 Å². The van der Waals surface area contributed by atoms with Gasteiger partial charge in [0.2, 0.25) is 5.91 Å². The number of carbonyl (C=O) groups is 1. The van der Waals surface area contributed by atoms with Crippen LogP contribution in [-0.4, -0.2) is 25.9 Å². The SMILES string of the molecule is COc1ccc(SCC(=O)N[C@@H]2CCCc3ccccc32)cc1OC. The number of nitrogens with one attached hydrogen (secondary N) is 1. The Kier molecular flexibility index (Phi) is 5.87. The fourth-order valence-electron chi connectivity index (χ4n) is 3.20. The Hall–Kier alpha value is -2.14. The minimum absolute atomic E-state index is 0.0569. The van der Waals surface area contributed by atoms with Crippen LogP contribution in [0, 0.1) is 0 Å². The summed E-state index contributed by atoms with van der Waals surface area (Å²) in [6, 6.07) is 14.2. The summed E-state index contributed by atoms with van der Waals surface area (Å²) in [5.41, 5.74) is 2.62. The molecule has 4 nitrogen and oxygen atoms in total. The van der Waals surface area contributed by atoms with E-state index in [0.717, 1.165) is 24.2 Å². The minimum atomic E-state index is 0.0569. The van der Waals surface area contributed by atoms with E-state index >= 15 is 0 Å². The molecule has 3 rings (SSSR count). The molecule has 0 unspecified atom stereocenters. The van der Waals surface area contributed by atoms with Gasteiger partial charge < -0.3 is 14.8 Å². The molecule has 0 heterocycles. The van der Waals surface area contributed by atoms with E-state index in [4.69, 9.17) is 9.47 Å². The highest BCUT2D eigenvalue weighted by Crippen LogP contribution is 2.32. The number of fused-ring (bicyclic) bond motifs is 1. The average Bonchev–Trinajstić information content (AvgIpc) is 2.66. The van der Waals surface area contributed by atoms with Gasteiger partial charge in [-0.2, -0.15) is 0 Å². The van der Waals surface area contributed by atoms with Gasteiger partial charge in [0.1, 0.15) is 0 Å². The summed E-state index contributed by atoms with van der Waals surface area (Å²) in [4.78, 5) is 13.4. The number of aryl methyl sites for hydroxylation is 1. The standard InChI is InChI=1S/C20H23NO3S/c1-23-18-11-10-15(12-19(18)24-2)25-13-20(22)21-17-9-5-7-14-6-3-4-8-16(14)17/h3-4,6,8,10-12,17H,5,7,9,13H2,1-2H3,(H,21,22)/t17-/m1/s1. The Bertz CT molecular complexity index is 747. The summed E-state index contributed by atoms with van der Waals surface area (Å²) in [5, 5.41) is 3.18. The van der Waals surface area contributed by atoms with Crippen molar-refractivity contribution in [3.63, 3.8) is 0 Å². The molecule has 2 aromatic rings. The quantitative estimate of drug-likeness (QED) is 0.794. The molecule has 25 heavy (non-hydrogen) atoms. The number of methoxy groups -OCH3 is 2. The monoisotopic (exact) mass is 357 g/mol. The van der Waals surface area contributed by atoms with E-state index in [2.05, 4.69) is 23.5 Å². The second-order valence-electron chi connectivity index (χ2n) is 6.02. The van der Waals surface area contributed by atoms with Crippen LogP contribution in [0.3, 0.4) is 0 Å². The van der Waals surface area contributed by atoms with Crippen LogP contribution in [0.15, 0.2) is 47.4 Å². The van der Waals surface area contributed by atoms with Crippen LogP contribution < -0.4 is 14.8 Å². The maximum Gasteiger partial charge on any atom is 0.230 e. The number of rotatable bonds is 6. The first-order valence-electron chi connectivity index (χ1n) is 8.43. The van der Waals surface area contributed by atoms with Crippen LogP contribution in [-0.2, 0) is 11.2 Å². The average molecular weight is 357 g/mol. The number of benzene rings is 2. The van der Waals surface area contributed by atoms with Gasteiger partial charge in [-0.15, -0.1) is 11.8 Å². The molecule has 1 aliphatic rings. The van der Waals surface area contributed by atoms with Crippen molar-refractivity contribution in [3.8, 4) is 11.5 Å². The van der Waals surface area contributed by atoms with Crippen molar-refractivity contribution >= 4 is 17.7 Å². The Morgan fingerprint density at radius 2 is 1.96 bits per heavy atom. The molecule has 0 spiro atoms. The van der Waals surface area contributed by atoms with Crippen LogP contribution in [0.5, 0.6) is 11.5 Å². The number of amides is 1. The maximum atomic E-state index is 12.4. The lowest BCUT2D eigenvalue weighted by Gasteiger charge is -2.26. The van der Waals surface area contributed by atoms with Crippen molar-refractivity contribution in [2.24, 2.45) is 0 Å². The lowest BCUT2D eigenvalue weighted by atomic mass is 9.88. The third-order valence-electron chi connectivity index (χ3n) is 4.43. The van der Waals surface area contributed by atoms with Crippen molar-refractivity contribution in [1.82, 2.24) is 5.32 Å². The van der Waals surface area contributed by atoms with E-state index in [9.17, 15) is 4.79 Å². The minimum Gasteiger partial charge on any atom is -0.493 e. The van der Waals surface area contributed by atoms with Crippen molar-refractivity contribution in [3.05, 3.63) is 53.6 Å². The maximum absolute atomic E-state index is 12.4. The molecule has 0 bridgehead atoms. The molecule has 1 atom stereocenters. The highest BCUT2D eigenvalue weighted by Gasteiger charge is 2.21. The molecule has 0 fully saturated rings. The van der Waals surface area contributed by atoms with Gasteiger partial charge in [-0.1, -0.05) is 24.3 Å². The van der Waals surface area contributed by atoms with Gasteiger partial charge in [0, 0.05) is 4.90 Å². The first-order chi connectivity index (χ1) is 12.2. The summed E-state index contributed by atoms with van der Waals surface area (Å²) >= 11 is 1.50. The predicted octanol–water partition coefficient (Wildman–Crippen LogP) is 3.99. The van der Waals surface area contributed by atoms with E-state index in [1.807, 2.05) is 24.3 Å². The first kappa shape index (κ1) is 17.7. The molecule has 0 aromatic heterocycles. The molecule has 132 valence electrons. The first-order valence-corrected chi connectivity index (χ1v) is 9.42. The zero-order valence-electron chi connectivity index (χ0n) is 14.6. The molecular weight excluding hydrogens is 334 g/mol. The van der Waals surface area contributed by atoms with E-state index < -0.39 is 0 Å². The number of hydrogen-bond acceptors (Lipinski definition) is 4. The van der Waals surface area contributed by atoms with Gasteiger partial charge in [-0.25, -0.2) is 0 Å². The number of carbonyl (C=O) groups excluding carboxylic acids is 1. The molecule has 0 aliphatic heterocycles. The summed E-state index contributed by atoms with van der Waals surface area (Å²) in [7, 11) is 3.22. The molecule has 1 N–H and O–H groups in total. The van der Waals surface area contributed by atoms with Gasteiger partial charge in [-0.3, -0.25) is 4.79 Å². The van der Waals surface area contributed by atoms with Crippen molar-refractivity contribution in [2.45, 2.75) is 30.2 Å². The van der Waals surface area contributed by atoms with Crippen LogP contribution in [0.25, 0.3) is 0 Å². The second kappa shape index (κ2) is 8.30. The van der Waals surface area contributed by atoms with Gasteiger partial charge in [0.25, 0.3) is 0 Å². The molecule has 0 saturated heterocycles. The Morgan fingerprint density at radius 3 is 2.76 bits per heavy atom. The largest absolute Gasteiger partial charge is 0.493 e. The second-order valence-corrected chi connectivity index (χ2v) is 7.07. The van der Waals surface area contributed by atoms with Crippen molar-refractivity contribution in [1.29, 1.82) is 0 Å². The Morgan fingerprint density at radius 1 is 1.16 bits per heavy atom. The van der Waals surface area contributed by atoms with E-state index in [-0.39, 0.29) is 11.9 Å². The summed E-state index contributed by atoms with van der Waals surface area (Å²) in [6.07, 6.45) is 3.22. The van der Waals surface area contributed by atoms with Crippen LogP contribution in [0.4, 0.5) is 0 Å². The van der Waals surface area contributed by atoms with E-state index in [1.54, 1.807) is 14.2 Å². The molecule has 1 aliphatic carbocycles.